The van der Waals surface area contributed by atoms with Crippen molar-refractivity contribution in [2.45, 2.75) is 58.5 Å². The van der Waals surface area contributed by atoms with Crippen molar-refractivity contribution in [3.63, 3.8) is 0 Å². The zero-order valence-electron chi connectivity index (χ0n) is 10.9. The molecule has 100 valence electrons. The van der Waals surface area contributed by atoms with Crippen molar-refractivity contribution in [2.75, 3.05) is 0 Å². The molecule has 0 aliphatic heterocycles. The van der Waals surface area contributed by atoms with Crippen LogP contribution in [0, 0.1) is 5.92 Å². The summed E-state index contributed by atoms with van der Waals surface area (Å²) in [5.41, 5.74) is 5.23. The van der Waals surface area contributed by atoms with Crippen LogP contribution < -0.4 is 11.1 Å². The Hall–Kier alpha value is -1.10. The fourth-order valence-electron chi connectivity index (χ4n) is 1.68. The van der Waals surface area contributed by atoms with Gasteiger partial charge in [0, 0.05) is 6.04 Å². The first-order valence-electron chi connectivity index (χ1n) is 6.16. The van der Waals surface area contributed by atoms with Gasteiger partial charge in [0.1, 0.15) is 0 Å². The van der Waals surface area contributed by atoms with Crippen molar-refractivity contribution < 1.29 is 14.7 Å². The van der Waals surface area contributed by atoms with Crippen LogP contribution >= 0.6 is 0 Å². The summed E-state index contributed by atoms with van der Waals surface area (Å²) in [4.78, 5) is 21.6. The highest BCUT2D eigenvalue weighted by Crippen LogP contribution is 2.10. The third-order valence-electron chi connectivity index (χ3n) is 2.93. The molecular weight excluding hydrogens is 220 g/mol. The molecule has 0 aliphatic rings. The van der Waals surface area contributed by atoms with Gasteiger partial charge in [-0.25, -0.2) is 0 Å². The Kier molecular flexibility index (Phi) is 7.54. The van der Waals surface area contributed by atoms with E-state index in [9.17, 15) is 9.59 Å². The molecule has 0 aromatic rings. The molecule has 0 aromatic heterocycles. The number of rotatable bonds is 9. The molecule has 0 fully saturated rings. The molecule has 3 unspecified atom stereocenters. The summed E-state index contributed by atoms with van der Waals surface area (Å²) < 4.78 is 0. The minimum absolute atomic E-state index is 0.174. The number of carboxylic acids is 1. The first-order chi connectivity index (χ1) is 7.88. The number of hydrogen-bond donors (Lipinski definition) is 3. The van der Waals surface area contributed by atoms with E-state index in [2.05, 4.69) is 5.32 Å². The summed E-state index contributed by atoms with van der Waals surface area (Å²) in [6, 6.07) is -0.115. The minimum Gasteiger partial charge on any atom is -0.481 e. The lowest BCUT2D eigenvalue weighted by Crippen LogP contribution is -2.45. The smallest absolute Gasteiger partial charge is 0.306 e. The van der Waals surface area contributed by atoms with Crippen LogP contribution in [0.1, 0.15) is 46.5 Å². The van der Waals surface area contributed by atoms with Gasteiger partial charge >= 0.3 is 5.97 Å². The number of hydrogen-bond acceptors (Lipinski definition) is 3. The molecule has 17 heavy (non-hydrogen) atoms. The Balaban J connectivity index is 3.83. The minimum atomic E-state index is -0.755. The quantitative estimate of drug-likeness (QED) is 0.566. The number of nitrogens with one attached hydrogen (secondary N) is 1. The first kappa shape index (κ1) is 15.9. The second-order valence-electron chi connectivity index (χ2n) is 4.60. The number of carbonyl (C=O) groups is 2. The average Bonchev–Trinajstić information content (AvgIpc) is 2.25. The van der Waals surface area contributed by atoms with E-state index in [1.54, 1.807) is 6.92 Å². The fourth-order valence-corrected chi connectivity index (χ4v) is 1.68. The maximum Gasteiger partial charge on any atom is 0.306 e. The van der Waals surface area contributed by atoms with Gasteiger partial charge < -0.3 is 16.2 Å². The lowest BCUT2D eigenvalue weighted by Gasteiger charge is -2.19. The van der Waals surface area contributed by atoms with Crippen molar-refractivity contribution in [3.05, 3.63) is 0 Å². The van der Waals surface area contributed by atoms with Gasteiger partial charge in [-0.05, 0) is 26.2 Å². The summed E-state index contributed by atoms with van der Waals surface area (Å²) in [6.45, 7) is 5.59. The third-order valence-corrected chi connectivity index (χ3v) is 2.93. The Morgan fingerprint density at radius 1 is 1.29 bits per heavy atom. The molecule has 0 aromatic carbocycles. The Labute approximate surface area is 103 Å². The van der Waals surface area contributed by atoms with E-state index in [0.717, 1.165) is 12.8 Å². The van der Waals surface area contributed by atoms with Crippen molar-refractivity contribution in [2.24, 2.45) is 11.7 Å². The second kappa shape index (κ2) is 8.06. The number of primary amides is 1. The molecule has 0 spiro atoms. The van der Waals surface area contributed by atoms with E-state index in [1.165, 1.54) is 0 Å². The van der Waals surface area contributed by atoms with Gasteiger partial charge in [0.15, 0.2) is 0 Å². The van der Waals surface area contributed by atoms with E-state index in [1.807, 2.05) is 13.8 Å². The molecule has 5 heteroatoms. The van der Waals surface area contributed by atoms with Crippen LogP contribution in [0.2, 0.25) is 0 Å². The Bertz CT molecular complexity index is 256. The fraction of sp³-hybridized carbons (Fsp3) is 0.833. The summed E-state index contributed by atoms with van der Waals surface area (Å²) >= 11 is 0. The van der Waals surface area contributed by atoms with Gasteiger partial charge in [-0.3, -0.25) is 9.59 Å². The molecule has 3 atom stereocenters. The molecule has 0 heterocycles. The van der Waals surface area contributed by atoms with Gasteiger partial charge in [-0.1, -0.05) is 20.3 Å². The summed E-state index contributed by atoms with van der Waals surface area (Å²) in [6.07, 6.45) is 3.01. The summed E-state index contributed by atoms with van der Waals surface area (Å²) in [5, 5.41) is 11.9. The molecule has 4 N–H and O–H groups in total. The molecular formula is C12H24N2O3. The van der Waals surface area contributed by atoms with Crippen LogP contribution in [-0.2, 0) is 9.59 Å². The van der Waals surface area contributed by atoms with Crippen LogP contribution in [0.15, 0.2) is 0 Å². The topological polar surface area (TPSA) is 92.4 Å². The zero-order valence-corrected chi connectivity index (χ0v) is 10.9. The van der Waals surface area contributed by atoms with E-state index < -0.39 is 5.97 Å². The maximum atomic E-state index is 11.0. The van der Waals surface area contributed by atoms with Gasteiger partial charge in [0.25, 0.3) is 0 Å². The van der Waals surface area contributed by atoms with Crippen LogP contribution in [0.3, 0.4) is 0 Å². The van der Waals surface area contributed by atoms with E-state index in [0.29, 0.717) is 12.8 Å². The Morgan fingerprint density at radius 3 is 2.29 bits per heavy atom. The molecule has 0 saturated heterocycles. The third kappa shape index (κ3) is 6.94. The van der Waals surface area contributed by atoms with Gasteiger partial charge in [-0.2, -0.15) is 0 Å². The lowest BCUT2D eigenvalue weighted by atomic mass is 10.0. The maximum absolute atomic E-state index is 11.0. The molecule has 0 saturated carbocycles. The van der Waals surface area contributed by atoms with Crippen molar-refractivity contribution >= 4 is 11.9 Å². The second-order valence-corrected chi connectivity index (χ2v) is 4.60. The van der Waals surface area contributed by atoms with Crippen molar-refractivity contribution in [1.29, 1.82) is 0 Å². The number of carboxylic acid groups (broad SMARTS) is 1. The first-order valence-corrected chi connectivity index (χ1v) is 6.16. The average molecular weight is 244 g/mol. The number of aliphatic carboxylic acids is 1. The standard InChI is InChI=1S/C12H24N2O3/c1-4-10(11(13)15)14-9(3)7-5-6-8(2)12(16)17/h8-10,14H,4-7H2,1-3H3,(H2,13,15)(H,16,17). The highest BCUT2D eigenvalue weighted by Gasteiger charge is 2.16. The van der Waals surface area contributed by atoms with E-state index in [-0.39, 0.29) is 23.9 Å². The molecule has 0 rings (SSSR count). The van der Waals surface area contributed by atoms with Crippen LogP contribution in [0.4, 0.5) is 0 Å². The largest absolute Gasteiger partial charge is 0.481 e. The normalized spacial score (nSPS) is 16.2. The number of carbonyl (C=O) groups excluding carboxylic acids is 1. The number of amides is 1. The molecule has 0 aliphatic carbocycles. The van der Waals surface area contributed by atoms with E-state index in [4.69, 9.17) is 10.8 Å². The predicted molar refractivity (Wildman–Crippen MR) is 66.5 cm³/mol. The highest BCUT2D eigenvalue weighted by molar-refractivity contribution is 5.79. The van der Waals surface area contributed by atoms with Crippen LogP contribution in [-0.4, -0.2) is 29.1 Å². The van der Waals surface area contributed by atoms with E-state index >= 15 is 0 Å². The summed E-state index contributed by atoms with van der Waals surface area (Å²) in [7, 11) is 0. The lowest BCUT2D eigenvalue weighted by molar-refractivity contribution is -0.141. The highest BCUT2D eigenvalue weighted by atomic mass is 16.4. The van der Waals surface area contributed by atoms with Gasteiger partial charge in [0.05, 0.1) is 12.0 Å². The monoisotopic (exact) mass is 244 g/mol. The zero-order chi connectivity index (χ0) is 13.4. The van der Waals surface area contributed by atoms with Crippen LogP contribution in [0.25, 0.3) is 0 Å². The number of nitrogens with two attached hydrogens (primary N) is 1. The van der Waals surface area contributed by atoms with Crippen molar-refractivity contribution in [1.82, 2.24) is 5.32 Å². The Morgan fingerprint density at radius 2 is 1.88 bits per heavy atom. The van der Waals surface area contributed by atoms with Crippen molar-refractivity contribution in [3.8, 4) is 0 Å². The summed E-state index contributed by atoms with van der Waals surface area (Å²) in [5.74, 6) is -1.40. The molecule has 0 bridgehead atoms. The predicted octanol–water partition coefficient (Wildman–Crippen LogP) is 1.12. The molecule has 0 radical (unpaired) electrons. The van der Waals surface area contributed by atoms with Crippen LogP contribution in [0.5, 0.6) is 0 Å². The molecule has 1 amide bonds. The molecule has 5 nitrogen and oxygen atoms in total. The van der Waals surface area contributed by atoms with Gasteiger partial charge in [0.2, 0.25) is 5.91 Å². The SMILES string of the molecule is CCC(NC(C)CCCC(C)C(=O)O)C(N)=O. The van der Waals surface area contributed by atoms with Gasteiger partial charge in [-0.15, -0.1) is 0 Å².